The smallest absolute Gasteiger partial charge is 0.160 e. The van der Waals surface area contributed by atoms with Crippen LogP contribution in [0.1, 0.15) is 40.2 Å². The van der Waals surface area contributed by atoms with Crippen molar-refractivity contribution in [3.8, 4) is 0 Å². The zero-order chi connectivity index (χ0) is 14.4. The molecule has 0 saturated carbocycles. The van der Waals surface area contributed by atoms with Crippen LogP contribution in [-0.4, -0.2) is 55.4 Å². The van der Waals surface area contributed by atoms with Crippen molar-refractivity contribution in [2.24, 2.45) is 0 Å². The molecule has 20 heavy (non-hydrogen) atoms. The molecule has 1 aromatic rings. The fourth-order valence-corrected chi connectivity index (χ4v) is 3.68. The molecule has 0 radical (unpaired) electrons. The lowest BCUT2D eigenvalue weighted by Crippen LogP contribution is -2.37. The Kier molecular flexibility index (Phi) is 6.20. The molecular weight excluding hydrogens is 268 g/mol. The van der Waals surface area contributed by atoms with Gasteiger partial charge in [0, 0.05) is 17.5 Å². The summed E-state index contributed by atoms with van der Waals surface area (Å²) >= 11 is 1.52. The first kappa shape index (κ1) is 15.7. The van der Waals surface area contributed by atoms with Gasteiger partial charge in [-0.1, -0.05) is 0 Å². The van der Waals surface area contributed by atoms with Crippen LogP contribution < -0.4 is 0 Å². The van der Waals surface area contributed by atoms with Crippen molar-refractivity contribution in [1.82, 2.24) is 9.80 Å². The quantitative estimate of drug-likeness (QED) is 0.801. The first-order valence-electron chi connectivity index (χ1n) is 7.63. The Morgan fingerprint density at radius 2 is 2.00 bits per heavy atom. The normalized spacial score (nSPS) is 23.6. The third-order valence-corrected chi connectivity index (χ3v) is 5.14. The van der Waals surface area contributed by atoms with Crippen LogP contribution in [0.15, 0.2) is 12.1 Å². The number of rotatable bonds is 3. The second-order valence-electron chi connectivity index (χ2n) is 5.85. The SMILES string of the molecule is CN1CCCC1CN1CCCC1.Cc1ccc(C=O)s1. The first-order valence-corrected chi connectivity index (χ1v) is 8.45. The minimum absolute atomic E-state index is 0.808. The molecule has 3 nitrogen and oxygen atoms in total. The molecule has 2 fully saturated rings. The maximum Gasteiger partial charge on any atom is 0.160 e. The Labute approximate surface area is 126 Å². The Morgan fingerprint density at radius 3 is 2.45 bits per heavy atom. The minimum atomic E-state index is 0.808. The third-order valence-electron chi connectivity index (χ3n) is 4.22. The summed E-state index contributed by atoms with van der Waals surface area (Å²) in [5.74, 6) is 0. The van der Waals surface area contributed by atoms with E-state index in [-0.39, 0.29) is 0 Å². The van der Waals surface area contributed by atoms with Crippen molar-refractivity contribution in [2.45, 2.75) is 38.6 Å². The van der Waals surface area contributed by atoms with Crippen LogP contribution >= 0.6 is 11.3 Å². The average Bonchev–Trinajstić information content (AvgIpc) is 3.16. The Balaban J connectivity index is 0.000000160. The molecule has 4 heteroatoms. The number of aldehydes is 1. The van der Waals surface area contributed by atoms with Gasteiger partial charge in [0.1, 0.15) is 0 Å². The Morgan fingerprint density at radius 1 is 1.25 bits per heavy atom. The number of likely N-dealkylation sites (tertiary alicyclic amines) is 2. The van der Waals surface area contributed by atoms with Crippen LogP contribution in [0.3, 0.4) is 0 Å². The fraction of sp³-hybridized carbons (Fsp3) is 0.688. The van der Waals surface area contributed by atoms with E-state index in [0.29, 0.717) is 0 Å². The lowest BCUT2D eigenvalue weighted by Gasteiger charge is -2.24. The Bertz CT molecular complexity index is 412. The Hall–Kier alpha value is -0.710. The highest BCUT2D eigenvalue weighted by Crippen LogP contribution is 2.18. The molecule has 3 heterocycles. The number of hydrogen-bond donors (Lipinski definition) is 0. The zero-order valence-electron chi connectivity index (χ0n) is 12.7. The lowest BCUT2D eigenvalue weighted by atomic mass is 10.2. The van der Waals surface area contributed by atoms with Crippen LogP contribution in [0.25, 0.3) is 0 Å². The first-order chi connectivity index (χ1) is 9.69. The highest BCUT2D eigenvalue weighted by Gasteiger charge is 2.24. The van der Waals surface area contributed by atoms with E-state index in [9.17, 15) is 4.79 Å². The molecule has 0 aliphatic carbocycles. The van der Waals surface area contributed by atoms with Crippen LogP contribution in [0, 0.1) is 6.92 Å². The summed E-state index contributed by atoms with van der Waals surface area (Å²) < 4.78 is 0. The van der Waals surface area contributed by atoms with Gasteiger partial charge < -0.3 is 9.80 Å². The standard InChI is InChI=1S/C10H20N2.C6H6OS/c1-11-6-4-5-10(11)9-12-7-2-3-8-12;1-5-2-3-6(4-7)8-5/h10H,2-9H2,1H3;2-4H,1H3. The average molecular weight is 294 g/mol. The van der Waals surface area contributed by atoms with Gasteiger partial charge in [0.25, 0.3) is 0 Å². The number of carbonyl (C=O) groups excluding carboxylic acids is 1. The van der Waals surface area contributed by atoms with E-state index in [4.69, 9.17) is 0 Å². The molecular formula is C16H26N2OS. The molecule has 0 amide bonds. The number of carbonyl (C=O) groups is 1. The zero-order valence-corrected chi connectivity index (χ0v) is 13.5. The summed E-state index contributed by atoms with van der Waals surface area (Å²) in [6, 6.07) is 4.63. The van der Waals surface area contributed by atoms with Crippen molar-refractivity contribution in [3.05, 3.63) is 21.9 Å². The highest BCUT2D eigenvalue weighted by atomic mass is 32.1. The van der Waals surface area contributed by atoms with E-state index in [1.807, 2.05) is 19.1 Å². The van der Waals surface area contributed by atoms with Gasteiger partial charge in [0.2, 0.25) is 0 Å². The van der Waals surface area contributed by atoms with Crippen molar-refractivity contribution in [2.75, 3.05) is 33.2 Å². The summed E-state index contributed by atoms with van der Waals surface area (Å²) in [7, 11) is 2.27. The molecule has 1 atom stereocenters. The maximum absolute atomic E-state index is 10.0. The topological polar surface area (TPSA) is 23.6 Å². The van der Waals surface area contributed by atoms with Gasteiger partial charge in [0.15, 0.2) is 6.29 Å². The second kappa shape index (κ2) is 7.91. The van der Waals surface area contributed by atoms with Gasteiger partial charge in [-0.2, -0.15) is 0 Å². The molecule has 1 aromatic heterocycles. The summed E-state index contributed by atoms with van der Waals surface area (Å²) in [6.45, 7) is 7.33. The second-order valence-corrected chi connectivity index (χ2v) is 7.17. The third kappa shape index (κ3) is 4.69. The van der Waals surface area contributed by atoms with Gasteiger partial charge in [-0.15, -0.1) is 11.3 Å². The van der Waals surface area contributed by atoms with E-state index in [2.05, 4.69) is 16.8 Å². The van der Waals surface area contributed by atoms with Crippen LogP contribution in [0.2, 0.25) is 0 Å². The number of hydrogen-bond acceptors (Lipinski definition) is 4. The minimum Gasteiger partial charge on any atom is -0.302 e. The monoisotopic (exact) mass is 294 g/mol. The molecule has 112 valence electrons. The van der Waals surface area contributed by atoms with E-state index in [0.717, 1.165) is 17.2 Å². The molecule has 0 spiro atoms. The van der Waals surface area contributed by atoms with E-state index < -0.39 is 0 Å². The largest absolute Gasteiger partial charge is 0.302 e. The molecule has 0 aromatic carbocycles. The van der Waals surface area contributed by atoms with Crippen LogP contribution in [-0.2, 0) is 0 Å². The molecule has 1 unspecified atom stereocenters. The summed E-state index contributed by atoms with van der Waals surface area (Å²) in [6.07, 6.45) is 6.56. The van der Waals surface area contributed by atoms with E-state index in [1.165, 1.54) is 68.1 Å². The number of thiophene rings is 1. The molecule has 0 N–H and O–H groups in total. The predicted molar refractivity (Wildman–Crippen MR) is 85.8 cm³/mol. The molecule has 0 bridgehead atoms. The summed E-state index contributed by atoms with van der Waals surface area (Å²) in [4.78, 5) is 17.2. The fourth-order valence-electron chi connectivity index (χ4n) is 2.99. The van der Waals surface area contributed by atoms with Crippen LogP contribution in [0.5, 0.6) is 0 Å². The highest BCUT2D eigenvalue weighted by molar-refractivity contribution is 7.13. The number of aryl methyl sites for hydroxylation is 1. The van der Waals surface area contributed by atoms with E-state index >= 15 is 0 Å². The van der Waals surface area contributed by atoms with Gasteiger partial charge in [-0.25, -0.2) is 0 Å². The van der Waals surface area contributed by atoms with Crippen LogP contribution in [0.4, 0.5) is 0 Å². The molecule has 2 saturated heterocycles. The number of likely N-dealkylation sites (N-methyl/N-ethyl adjacent to an activating group) is 1. The summed E-state index contributed by atoms with van der Waals surface area (Å²) in [5.41, 5.74) is 0. The van der Waals surface area contributed by atoms with Crippen molar-refractivity contribution < 1.29 is 4.79 Å². The number of nitrogens with zero attached hydrogens (tertiary/aromatic N) is 2. The van der Waals surface area contributed by atoms with Crippen molar-refractivity contribution in [3.63, 3.8) is 0 Å². The summed E-state index contributed by atoms with van der Waals surface area (Å²) in [5, 5.41) is 0. The van der Waals surface area contributed by atoms with Gasteiger partial charge in [-0.3, -0.25) is 4.79 Å². The van der Waals surface area contributed by atoms with Crippen molar-refractivity contribution >= 4 is 17.6 Å². The molecule has 3 rings (SSSR count). The maximum atomic E-state index is 10.0. The lowest BCUT2D eigenvalue weighted by molar-refractivity contribution is 0.112. The molecule has 2 aliphatic heterocycles. The van der Waals surface area contributed by atoms with Gasteiger partial charge >= 0.3 is 0 Å². The van der Waals surface area contributed by atoms with Gasteiger partial charge in [-0.05, 0) is 71.4 Å². The van der Waals surface area contributed by atoms with E-state index in [1.54, 1.807) is 0 Å². The molecule has 2 aliphatic rings. The van der Waals surface area contributed by atoms with Crippen molar-refractivity contribution in [1.29, 1.82) is 0 Å². The predicted octanol–water partition coefficient (Wildman–Crippen LogP) is 3.05. The van der Waals surface area contributed by atoms with Gasteiger partial charge in [0.05, 0.1) is 4.88 Å².